The van der Waals surface area contributed by atoms with Crippen molar-refractivity contribution in [2.24, 2.45) is 0 Å². The largest absolute Gasteiger partial charge is 0.480 e. The number of nitrogens with zero attached hydrogens (tertiary/aromatic N) is 1. The zero-order valence-corrected chi connectivity index (χ0v) is 12.1. The number of carboxylic acid groups (broad SMARTS) is 1. The topological polar surface area (TPSA) is 66.8 Å². The van der Waals surface area contributed by atoms with Crippen molar-refractivity contribution < 1.29 is 19.4 Å². The highest BCUT2D eigenvalue weighted by atomic mass is 32.2. The van der Waals surface area contributed by atoms with Crippen molar-refractivity contribution in [2.45, 2.75) is 17.4 Å². The molecule has 1 saturated heterocycles. The van der Waals surface area contributed by atoms with E-state index in [1.807, 2.05) is 37.3 Å². The zero-order valence-electron chi connectivity index (χ0n) is 11.2. The molecule has 6 heteroatoms. The molecule has 1 aromatic rings. The summed E-state index contributed by atoms with van der Waals surface area (Å²) in [6.07, 6.45) is 0. The van der Waals surface area contributed by atoms with Gasteiger partial charge in [-0.05, 0) is 19.1 Å². The van der Waals surface area contributed by atoms with E-state index in [0.29, 0.717) is 18.8 Å². The van der Waals surface area contributed by atoms with Gasteiger partial charge in [0.25, 0.3) is 0 Å². The maximum absolute atomic E-state index is 12.0. The maximum Gasteiger partial charge on any atom is 0.329 e. The Labute approximate surface area is 121 Å². The van der Waals surface area contributed by atoms with Crippen molar-refractivity contribution in [1.29, 1.82) is 0 Å². The highest BCUT2D eigenvalue weighted by molar-refractivity contribution is 8.00. The summed E-state index contributed by atoms with van der Waals surface area (Å²) in [6.45, 7) is 2.41. The molecule has 0 spiro atoms. The van der Waals surface area contributed by atoms with Crippen LogP contribution in [0.25, 0.3) is 0 Å². The number of carbonyl (C=O) groups is 2. The molecule has 0 aromatic heterocycles. The van der Waals surface area contributed by atoms with E-state index < -0.39 is 11.6 Å². The Kier molecular flexibility index (Phi) is 4.67. The van der Waals surface area contributed by atoms with Gasteiger partial charge in [-0.2, -0.15) is 0 Å². The highest BCUT2D eigenvalue weighted by Gasteiger charge is 2.42. The van der Waals surface area contributed by atoms with Gasteiger partial charge in [-0.15, -0.1) is 11.8 Å². The normalized spacial score (nSPS) is 16.6. The first-order valence-corrected chi connectivity index (χ1v) is 7.28. The summed E-state index contributed by atoms with van der Waals surface area (Å²) >= 11 is 1.50. The molecule has 1 heterocycles. The zero-order chi connectivity index (χ0) is 14.6. The van der Waals surface area contributed by atoms with Gasteiger partial charge < -0.3 is 14.7 Å². The minimum atomic E-state index is -0.990. The summed E-state index contributed by atoms with van der Waals surface area (Å²) in [6, 6.07) is 9.75. The molecule has 1 fully saturated rings. The van der Waals surface area contributed by atoms with Crippen molar-refractivity contribution in [2.75, 3.05) is 25.4 Å². The van der Waals surface area contributed by atoms with E-state index in [4.69, 9.17) is 9.84 Å². The fourth-order valence-electron chi connectivity index (χ4n) is 2.02. The molecule has 1 aliphatic heterocycles. The van der Waals surface area contributed by atoms with Crippen LogP contribution in [0.5, 0.6) is 0 Å². The molecule has 1 aromatic carbocycles. The number of carboxylic acids is 1. The number of carbonyl (C=O) groups excluding carboxylic acids is 1. The van der Waals surface area contributed by atoms with Gasteiger partial charge >= 0.3 is 5.97 Å². The van der Waals surface area contributed by atoms with E-state index >= 15 is 0 Å². The molecule has 0 saturated carbocycles. The molecular formula is C14H17NO4S. The summed E-state index contributed by atoms with van der Waals surface area (Å²) in [5, 5.41) is 8.57. The summed E-state index contributed by atoms with van der Waals surface area (Å²) in [4.78, 5) is 25.2. The van der Waals surface area contributed by atoms with Crippen LogP contribution in [0.3, 0.4) is 0 Å². The number of benzene rings is 1. The third kappa shape index (κ3) is 3.98. The number of likely N-dealkylation sites (tertiary alicyclic amines) is 1. The molecule has 0 unspecified atom stereocenters. The Bertz CT molecular complexity index is 485. The molecule has 0 aliphatic carbocycles. The van der Waals surface area contributed by atoms with Crippen LogP contribution in [0.4, 0.5) is 0 Å². The average Bonchev–Trinajstić information content (AvgIpc) is 2.40. The molecule has 0 atom stereocenters. The van der Waals surface area contributed by atoms with Gasteiger partial charge in [0.1, 0.15) is 12.2 Å². The first-order valence-electron chi connectivity index (χ1n) is 6.30. The van der Waals surface area contributed by atoms with Gasteiger partial charge in [0, 0.05) is 4.90 Å². The molecule has 1 amide bonds. The minimum absolute atomic E-state index is 0.0512. The smallest absolute Gasteiger partial charge is 0.329 e. The van der Waals surface area contributed by atoms with Gasteiger partial charge in [-0.3, -0.25) is 4.79 Å². The fraction of sp³-hybridized carbons (Fsp3) is 0.429. The van der Waals surface area contributed by atoms with Crippen molar-refractivity contribution >= 4 is 23.6 Å². The third-order valence-electron chi connectivity index (χ3n) is 3.05. The van der Waals surface area contributed by atoms with Crippen LogP contribution < -0.4 is 0 Å². The molecule has 108 valence electrons. The number of ether oxygens (including phenoxy) is 1. The van der Waals surface area contributed by atoms with Gasteiger partial charge in [-0.25, -0.2) is 4.79 Å². The minimum Gasteiger partial charge on any atom is -0.480 e. The molecule has 0 bridgehead atoms. The van der Waals surface area contributed by atoms with Crippen LogP contribution in [0.1, 0.15) is 6.92 Å². The second-order valence-corrected chi connectivity index (χ2v) is 6.03. The second-order valence-electron chi connectivity index (χ2n) is 4.98. The van der Waals surface area contributed by atoms with Crippen LogP contribution >= 0.6 is 11.8 Å². The van der Waals surface area contributed by atoms with E-state index in [1.165, 1.54) is 11.8 Å². The third-order valence-corrected chi connectivity index (χ3v) is 4.05. The van der Waals surface area contributed by atoms with Crippen LogP contribution in [-0.2, 0) is 14.3 Å². The number of rotatable bonds is 6. The van der Waals surface area contributed by atoms with E-state index in [1.54, 1.807) is 4.90 Å². The highest BCUT2D eigenvalue weighted by Crippen LogP contribution is 2.26. The Balaban J connectivity index is 1.72. The Morgan fingerprint density at radius 1 is 1.35 bits per heavy atom. The van der Waals surface area contributed by atoms with Gasteiger partial charge in [-0.1, -0.05) is 18.2 Å². The Morgan fingerprint density at radius 2 is 2.00 bits per heavy atom. The molecule has 2 rings (SSSR count). The maximum atomic E-state index is 12.0. The molecular weight excluding hydrogens is 278 g/mol. The predicted octanol–water partition coefficient (Wildman–Crippen LogP) is 1.48. The lowest BCUT2D eigenvalue weighted by atomic mass is 9.96. The van der Waals surface area contributed by atoms with E-state index in [2.05, 4.69) is 0 Å². The van der Waals surface area contributed by atoms with Gasteiger partial charge in [0.2, 0.25) is 5.91 Å². The van der Waals surface area contributed by atoms with Gasteiger partial charge in [0.05, 0.1) is 18.8 Å². The van der Waals surface area contributed by atoms with E-state index in [0.717, 1.165) is 4.90 Å². The van der Waals surface area contributed by atoms with Crippen LogP contribution in [0.2, 0.25) is 0 Å². The number of amides is 1. The summed E-state index contributed by atoms with van der Waals surface area (Å²) < 4.78 is 5.27. The molecule has 1 aliphatic rings. The van der Waals surface area contributed by atoms with Crippen molar-refractivity contribution in [3.8, 4) is 0 Å². The number of hydrogen-bond acceptors (Lipinski definition) is 4. The monoisotopic (exact) mass is 295 g/mol. The number of thioether (sulfide) groups is 1. The molecule has 1 N–H and O–H groups in total. The molecule has 20 heavy (non-hydrogen) atoms. The van der Waals surface area contributed by atoms with Crippen LogP contribution in [0, 0.1) is 0 Å². The fourth-order valence-corrected chi connectivity index (χ4v) is 2.84. The average molecular weight is 295 g/mol. The predicted molar refractivity (Wildman–Crippen MR) is 75.7 cm³/mol. The lowest BCUT2D eigenvalue weighted by Crippen LogP contribution is -2.63. The molecule has 0 radical (unpaired) electrons. The van der Waals surface area contributed by atoms with Crippen molar-refractivity contribution in [1.82, 2.24) is 4.90 Å². The first-order chi connectivity index (χ1) is 9.48. The Hall–Kier alpha value is -1.53. The summed E-state index contributed by atoms with van der Waals surface area (Å²) in [5.41, 5.74) is -0.522. The standard InChI is InChI=1S/C14H17NO4S/c1-14(19-7-13(17)18)9-15(10-14)12(16)8-20-11-5-3-2-4-6-11/h2-6H,7-10H2,1H3,(H,17,18). The molecule has 5 nitrogen and oxygen atoms in total. The summed E-state index contributed by atoms with van der Waals surface area (Å²) in [7, 11) is 0. The van der Waals surface area contributed by atoms with Crippen molar-refractivity contribution in [3.63, 3.8) is 0 Å². The first kappa shape index (κ1) is 14.9. The SMILES string of the molecule is CC1(OCC(=O)O)CN(C(=O)CSc2ccccc2)C1. The van der Waals surface area contributed by atoms with Crippen LogP contribution in [0.15, 0.2) is 35.2 Å². The quantitative estimate of drug-likeness (QED) is 0.805. The Morgan fingerprint density at radius 3 is 2.60 bits per heavy atom. The lowest BCUT2D eigenvalue weighted by molar-refractivity contribution is -0.171. The van der Waals surface area contributed by atoms with E-state index in [-0.39, 0.29) is 12.5 Å². The summed E-state index contributed by atoms with van der Waals surface area (Å²) in [5.74, 6) is -0.551. The lowest BCUT2D eigenvalue weighted by Gasteiger charge is -2.47. The van der Waals surface area contributed by atoms with E-state index in [9.17, 15) is 9.59 Å². The van der Waals surface area contributed by atoms with Gasteiger partial charge in [0.15, 0.2) is 0 Å². The second kappa shape index (κ2) is 6.28. The number of hydrogen-bond donors (Lipinski definition) is 1. The number of aliphatic carboxylic acids is 1. The van der Waals surface area contributed by atoms with Crippen molar-refractivity contribution in [3.05, 3.63) is 30.3 Å². The van der Waals surface area contributed by atoms with Crippen LogP contribution in [-0.4, -0.2) is 52.9 Å².